The van der Waals surface area contributed by atoms with E-state index in [9.17, 15) is 0 Å². The fourth-order valence-electron chi connectivity index (χ4n) is 1.10. The molecule has 4 heteroatoms. The molecule has 1 aromatic heterocycles. The minimum atomic E-state index is 0.375. The van der Waals surface area contributed by atoms with Gasteiger partial charge in [0.2, 0.25) is 5.88 Å². The van der Waals surface area contributed by atoms with E-state index in [0.29, 0.717) is 17.2 Å². The first-order chi connectivity index (χ1) is 7.40. The number of benzene rings is 1. The van der Waals surface area contributed by atoms with Crippen molar-refractivity contribution < 1.29 is 4.74 Å². The second-order valence-corrected chi connectivity index (χ2v) is 2.77. The third-order valence-corrected chi connectivity index (χ3v) is 1.77. The SMILES string of the molecule is N#Cc1ccccc1Oc1cccnn1. The molecule has 0 atom stereocenters. The van der Waals surface area contributed by atoms with Crippen LogP contribution >= 0.6 is 0 Å². The smallest absolute Gasteiger partial charge is 0.238 e. The first-order valence-electron chi connectivity index (χ1n) is 4.35. The Balaban J connectivity index is 2.29. The second-order valence-electron chi connectivity index (χ2n) is 2.77. The van der Waals surface area contributed by atoms with Gasteiger partial charge in [-0.25, -0.2) is 0 Å². The molecular formula is C11H7N3O. The molecule has 0 saturated heterocycles. The van der Waals surface area contributed by atoms with Crippen LogP contribution in [0, 0.1) is 11.3 Å². The number of rotatable bonds is 2. The molecular weight excluding hydrogens is 190 g/mol. The Morgan fingerprint density at radius 3 is 2.73 bits per heavy atom. The van der Waals surface area contributed by atoms with E-state index in [0.717, 1.165) is 0 Å². The molecule has 0 radical (unpaired) electrons. The first-order valence-corrected chi connectivity index (χ1v) is 4.35. The van der Waals surface area contributed by atoms with E-state index in [1.54, 1.807) is 42.6 Å². The lowest BCUT2D eigenvalue weighted by Crippen LogP contribution is -1.91. The molecule has 0 aliphatic rings. The first kappa shape index (κ1) is 9.16. The second kappa shape index (κ2) is 4.20. The van der Waals surface area contributed by atoms with Gasteiger partial charge in [-0.1, -0.05) is 12.1 Å². The van der Waals surface area contributed by atoms with Gasteiger partial charge < -0.3 is 4.74 Å². The van der Waals surface area contributed by atoms with Crippen LogP contribution in [0.5, 0.6) is 11.6 Å². The van der Waals surface area contributed by atoms with Crippen LogP contribution in [-0.2, 0) is 0 Å². The van der Waals surface area contributed by atoms with Crippen LogP contribution < -0.4 is 4.74 Å². The standard InChI is InChI=1S/C11H7N3O/c12-8-9-4-1-2-5-10(9)15-11-6-3-7-13-14-11/h1-7H. The topological polar surface area (TPSA) is 58.8 Å². The van der Waals surface area contributed by atoms with E-state index in [2.05, 4.69) is 10.2 Å². The summed E-state index contributed by atoms with van der Waals surface area (Å²) in [6, 6.07) is 12.4. The number of nitrogens with zero attached hydrogens (tertiary/aromatic N) is 3. The van der Waals surface area contributed by atoms with Gasteiger partial charge in [-0.2, -0.15) is 10.4 Å². The number of aromatic nitrogens is 2. The number of ether oxygens (including phenoxy) is 1. The summed E-state index contributed by atoms with van der Waals surface area (Å²) in [5.41, 5.74) is 0.475. The van der Waals surface area contributed by atoms with E-state index in [1.165, 1.54) is 0 Å². The molecule has 2 rings (SSSR count). The number of hydrogen-bond acceptors (Lipinski definition) is 4. The van der Waals surface area contributed by atoms with Gasteiger partial charge in [0.1, 0.15) is 11.8 Å². The zero-order valence-corrected chi connectivity index (χ0v) is 7.79. The molecule has 0 saturated carbocycles. The summed E-state index contributed by atoms with van der Waals surface area (Å²) in [4.78, 5) is 0. The van der Waals surface area contributed by atoms with E-state index >= 15 is 0 Å². The average molecular weight is 197 g/mol. The van der Waals surface area contributed by atoms with Gasteiger partial charge in [-0.05, 0) is 18.2 Å². The van der Waals surface area contributed by atoms with Crippen molar-refractivity contribution in [2.45, 2.75) is 0 Å². The average Bonchev–Trinajstić information content (AvgIpc) is 2.31. The fraction of sp³-hybridized carbons (Fsp3) is 0. The van der Waals surface area contributed by atoms with Gasteiger partial charge in [0.15, 0.2) is 0 Å². The maximum absolute atomic E-state index is 8.83. The molecule has 0 fully saturated rings. The molecule has 0 spiro atoms. The van der Waals surface area contributed by atoms with Crippen LogP contribution in [0.3, 0.4) is 0 Å². The number of para-hydroxylation sites is 1. The molecule has 1 heterocycles. The highest BCUT2D eigenvalue weighted by Crippen LogP contribution is 2.21. The van der Waals surface area contributed by atoms with Gasteiger partial charge in [0.05, 0.1) is 5.56 Å². The minimum absolute atomic E-state index is 0.375. The van der Waals surface area contributed by atoms with Crippen molar-refractivity contribution in [2.24, 2.45) is 0 Å². The normalized spacial score (nSPS) is 9.27. The molecule has 0 bridgehead atoms. The van der Waals surface area contributed by atoms with E-state index in [-0.39, 0.29) is 0 Å². The van der Waals surface area contributed by atoms with Crippen LogP contribution in [-0.4, -0.2) is 10.2 Å². The van der Waals surface area contributed by atoms with Crippen LogP contribution in [0.1, 0.15) is 5.56 Å². The quantitative estimate of drug-likeness (QED) is 0.740. The van der Waals surface area contributed by atoms with Crippen molar-refractivity contribution >= 4 is 0 Å². The van der Waals surface area contributed by atoms with Crippen molar-refractivity contribution in [1.82, 2.24) is 10.2 Å². The van der Waals surface area contributed by atoms with E-state index in [4.69, 9.17) is 10.00 Å². The summed E-state index contributed by atoms with van der Waals surface area (Å²) in [7, 11) is 0. The van der Waals surface area contributed by atoms with Crippen molar-refractivity contribution in [1.29, 1.82) is 5.26 Å². The Labute approximate surface area is 86.8 Å². The van der Waals surface area contributed by atoms with Crippen molar-refractivity contribution in [3.05, 3.63) is 48.2 Å². The maximum Gasteiger partial charge on any atom is 0.238 e. The molecule has 0 amide bonds. The predicted molar refractivity (Wildman–Crippen MR) is 53.3 cm³/mol. The molecule has 0 aliphatic carbocycles. The third kappa shape index (κ3) is 2.09. The monoisotopic (exact) mass is 197 g/mol. The predicted octanol–water partition coefficient (Wildman–Crippen LogP) is 2.14. The lowest BCUT2D eigenvalue weighted by atomic mass is 10.2. The summed E-state index contributed by atoms with van der Waals surface area (Å²) in [6.45, 7) is 0. The van der Waals surface area contributed by atoms with Gasteiger partial charge in [0, 0.05) is 12.3 Å². The molecule has 0 aliphatic heterocycles. The summed E-state index contributed by atoms with van der Waals surface area (Å²) >= 11 is 0. The van der Waals surface area contributed by atoms with E-state index in [1.807, 2.05) is 6.07 Å². The Bertz CT molecular complexity index is 491. The third-order valence-electron chi connectivity index (χ3n) is 1.77. The lowest BCUT2D eigenvalue weighted by molar-refractivity contribution is 0.454. The lowest BCUT2D eigenvalue weighted by Gasteiger charge is -2.04. The molecule has 2 aromatic rings. The molecule has 0 N–H and O–H groups in total. The Kier molecular flexibility index (Phi) is 2.56. The number of hydrogen-bond donors (Lipinski definition) is 0. The Hall–Kier alpha value is -2.41. The minimum Gasteiger partial charge on any atom is -0.436 e. The number of nitriles is 1. The summed E-state index contributed by atoms with van der Waals surface area (Å²) in [5, 5.41) is 16.3. The summed E-state index contributed by atoms with van der Waals surface area (Å²) in [5.74, 6) is 0.862. The van der Waals surface area contributed by atoms with Gasteiger partial charge >= 0.3 is 0 Å². The Morgan fingerprint density at radius 2 is 2.00 bits per heavy atom. The van der Waals surface area contributed by atoms with Gasteiger partial charge in [-0.15, -0.1) is 5.10 Å². The summed E-state index contributed by atoms with van der Waals surface area (Å²) < 4.78 is 5.40. The van der Waals surface area contributed by atoms with Crippen molar-refractivity contribution in [2.75, 3.05) is 0 Å². The molecule has 15 heavy (non-hydrogen) atoms. The highest BCUT2D eigenvalue weighted by atomic mass is 16.5. The molecule has 4 nitrogen and oxygen atoms in total. The summed E-state index contributed by atoms with van der Waals surface area (Å²) in [6.07, 6.45) is 1.56. The Morgan fingerprint density at radius 1 is 1.13 bits per heavy atom. The van der Waals surface area contributed by atoms with E-state index < -0.39 is 0 Å². The molecule has 0 unspecified atom stereocenters. The zero-order valence-electron chi connectivity index (χ0n) is 7.79. The highest BCUT2D eigenvalue weighted by molar-refractivity contribution is 5.43. The van der Waals surface area contributed by atoms with Crippen molar-refractivity contribution in [3.8, 4) is 17.7 Å². The highest BCUT2D eigenvalue weighted by Gasteiger charge is 2.03. The van der Waals surface area contributed by atoms with Crippen LogP contribution in [0.25, 0.3) is 0 Å². The fourth-order valence-corrected chi connectivity index (χ4v) is 1.10. The van der Waals surface area contributed by atoms with Gasteiger partial charge in [-0.3, -0.25) is 0 Å². The van der Waals surface area contributed by atoms with Gasteiger partial charge in [0.25, 0.3) is 0 Å². The van der Waals surface area contributed by atoms with Crippen LogP contribution in [0.4, 0.5) is 0 Å². The largest absolute Gasteiger partial charge is 0.436 e. The van der Waals surface area contributed by atoms with Crippen LogP contribution in [0.15, 0.2) is 42.6 Å². The molecule has 1 aromatic carbocycles. The maximum atomic E-state index is 8.83. The molecule has 72 valence electrons. The van der Waals surface area contributed by atoms with Crippen LogP contribution in [0.2, 0.25) is 0 Å². The zero-order chi connectivity index (χ0) is 10.5. The van der Waals surface area contributed by atoms with Crippen molar-refractivity contribution in [3.63, 3.8) is 0 Å².